The Morgan fingerprint density at radius 2 is 1.77 bits per heavy atom. The zero-order chi connectivity index (χ0) is 14.8. The van der Waals surface area contributed by atoms with Gasteiger partial charge in [-0.15, -0.1) is 12.4 Å². The molecular weight excluding hydrogens is 368 g/mol. The average Bonchev–Trinajstić information content (AvgIpc) is 2.91. The van der Waals surface area contributed by atoms with Crippen molar-refractivity contribution in [2.45, 2.75) is 6.42 Å². The molecule has 0 saturated carbocycles. The maximum Gasteiger partial charge on any atom is 0.161 e. The van der Waals surface area contributed by atoms with Crippen molar-refractivity contribution >= 4 is 39.4 Å². The van der Waals surface area contributed by atoms with Crippen molar-refractivity contribution in [1.82, 2.24) is 9.97 Å². The molecule has 1 aromatic heterocycles. The fourth-order valence-corrected chi connectivity index (χ4v) is 2.76. The number of aromatic nitrogens is 2. The first-order chi connectivity index (χ1) is 10.2. The molecule has 0 fully saturated rings. The molecule has 0 amide bonds. The van der Waals surface area contributed by atoms with Gasteiger partial charge in [0.05, 0.1) is 25.3 Å². The number of nitrogens with one attached hydrogen (secondary N) is 1. The smallest absolute Gasteiger partial charge is 0.161 e. The lowest BCUT2D eigenvalue weighted by atomic mass is 10.1. The monoisotopic (exact) mass is 382 g/mol. The van der Waals surface area contributed by atoms with E-state index in [4.69, 9.17) is 9.47 Å². The SMILES string of the molecule is COc1cc(Br)c(Cc2nc3ccccc3[nH]2)cc1OC.Cl. The number of imidazole rings is 1. The number of methoxy groups -OCH3 is 2. The van der Waals surface area contributed by atoms with Gasteiger partial charge in [0.15, 0.2) is 11.5 Å². The summed E-state index contributed by atoms with van der Waals surface area (Å²) in [6, 6.07) is 11.9. The van der Waals surface area contributed by atoms with Crippen LogP contribution in [-0.4, -0.2) is 24.2 Å². The highest BCUT2D eigenvalue weighted by Gasteiger charge is 2.11. The summed E-state index contributed by atoms with van der Waals surface area (Å²) in [5.41, 5.74) is 3.11. The molecule has 1 heterocycles. The number of aromatic amines is 1. The van der Waals surface area contributed by atoms with E-state index >= 15 is 0 Å². The van der Waals surface area contributed by atoms with E-state index in [0.29, 0.717) is 17.9 Å². The summed E-state index contributed by atoms with van der Waals surface area (Å²) in [6.07, 6.45) is 0.690. The number of rotatable bonds is 4. The molecule has 0 atom stereocenters. The molecule has 3 aromatic rings. The van der Waals surface area contributed by atoms with Crippen LogP contribution in [0.4, 0.5) is 0 Å². The number of halogens is 2. The van der Waals surface area contributed by atoms with Crippen LogP contribution >= 0.6 is 28.3 Å². The van der Waals surface area contributed by atoms with Crippen LogP contribution in [0.1, 0.15) is 11.4 Å². The third-order valence-electron chi connectivity index (χ3n) is 3.35. The van der Waals surface area contributed by atoms with Gasteiger partial charge >= 0.3 is 0 Å². The van der Waals surface area contributed by atoms with Crippen LogP contribution in [0.15, 0.2) is 40.9 Å². The van der Waals surface area contributed by atoms with Crippen molar-refractivity contribution in [3.05, 3.63) is 52.3 Å². The van der Waals surface area contributed by atoms with Crippen LogP contribution in [-0.2, 0) is 6.42 Å². The summed E-state index contributed by atoms with van der Waals surface area (Å²) in [7, 11) is 3.26. The number of fused-ring (bicyclic) bond motifs is 1. The third-order valence-corrected chi connectivity index (χ3v) is 4.09. The van der Waals surface area contributed by atoms with Crippen molar-refractivity contribution in [1.29, 1.82) is 0 Å². The Kier molecular flexibility index (Phi) is 5.32. The zero-order valence-corrected chi connectivity index (χ0v) is 14.6. The van der Waals surface area contributed by atoms with Crippen LogP contribution in [0.2, 0.25) is 0 Å². The van der Waals surface area contributed by atoms with Gasteiger partial charge in [0.1, 0.15) is 5.82 Å². The van der Waals surface area contributed by atoms with Gasteiger partial charge in [0.2, 0.25) is 0 Å². The number of hydrogen-bond donors (Lipinski definition) is 1. The van der Waals surface area contributed by atoms with Gasteiger partial charge < -0.3 is 14.5 Å². The summed E-state index contributed by atoms with van der Waals surface area (Å²) < 4.78 is 11.6. The molecular formula is C16H16BrClN2O2. The van der Waals surface area contributed by atoms with E-state index in [1.54, 1.807) is 14.2 Å². The topological polar surface area (TPSA) is 47.1 Å². The summed E-state index contributed by atoms with van der Waals surface area (Å²) >= 11 is 3.58. The van der Waals surface area contributed by atoms with E-state index in [-0.39, 0.29) is 12.4 Å². The molecule has 0 bridgehead atoms. The van der Waals surface area contributed by atoms with Gasteiger partial charge in [0.25, 0.3) is 0 Å². The van der Waals surface area contributed by atoms with Crippen LogP contribution < -0.4 is 9.47 Å². The normalized spacial score (nSPS) is 10.3. The van der Waals surface area contributed by atoms with Crippen LogP contribution in [0.5, 0.6) is 11.5 Å². The fraction of sp³-hybridized carbons (Fsp3) is 0.188. The van der Waals surface area contributed by atoms with Gasteiger partial charge in [-0.05, 0) is 29.8 Å². The molecule has 2 aromatic carbocycles. The van der Waals surface area contributed by atoms with Crippen molar-refractivity contribution in [3.63, 3.8) is 0 Å². The third kappa shape index (κ3) is 3.20. The van der Waals surface area contributed by atoms with E-state index in [9.17, 15) is 0 Å². The van der Waals surface area contributed by atoms with Crippen LogP contribution in [0.3, 0.4) is 0 Å². The van der Waals surface area contributed by atoms with Gasteiger partial charge in [-0.25, -0.2) is 4.98 Å². The molecule has 3 rings (SSSR count). The number of para-hydroxylation sites is 2. The first-order valence-corrected chi connectivity index (χ1v) is 7.34. The minimum atomic E-state index is 0. The summed E-state index contributed by atoms with van der Waals surface area (Å²) in [6.45, 7) is 0. The quantitative estimate of drug-likeness (QED) is 0.728. The van der Waals surface area contributed by atoms with Crippen molar-refractivity contribution in [3.8, 4) is 11.5 Å². The number of benzene rings is 2. The molecule has 0 aliphatic rings. The van der Waals surface area contributed by atoms with E-state index in [1.807, 2.05) is 36.4 Å². The molecule has 0 unspecified atom stereocenters. The van der Waals surface area contributed by atoms with E-state index < -0.39 is 0 Å². The minimum Gasteiger partial charge on any atom is -0.493 e. The number of ether oxygens (including phenoxy) is 2. The Balaban J connectivity index is 0.00000176. The lowest BCUT2D eigenvalue weighted by Gasteiger charge is -2.11. The van der Waals surface area contributed by atoms with Gasteiger partial charge in [-0.1, -0.05) is 28.1 Å². The molecule has 0 aliphatic carbocycles. The highest BCUT2D eigenvalue weighted by Crippen LogP contribution is 2.34. The van der Waals surface area contributed by atoms with Crippen LogP contribution in [0, 0.1) is 0 Å². The Morgan fingerprint density at radius 3 is 2.45 bits per heavy atom. The van der Waals surface area contributed by atoms with Gasteiger partial charge in [-0.3, -0.25) is 0 Å². The van der Waals surface area contributed by atoms with E-state index in [2.05, 4.69) is 25.9 Å². The molecule has 0 aliphatic heterocycles. The molecule has 0 spiro atoms. The number of hydrogen-bond acceptors (Lipinski definition) is 3. The lowest BCUT2D eigenvalue weighted by molar-refractivity contribution is 0.354. The van der Waals surface area contributed by atoms with E-state index in [0.717, 1.165) is 26.9 Å². The molecule has 4 nitrogen and oxygen atoms in total. The highest BCUT2D eigenvalue weighted by atomic mass is 79.9. The minimum absolute atomic E-state index is 0. The number of nitrogens with zero attached hydrogens (tertiary/aromatic N) is 1. The zero-order valence-electron chi connectivity index (χ0n) is 12.2. The van der Waals surface area contributed by atoms with Gasteiger partial charge in [-0.2, -0.15) is 0 Å². The first kappa shape index (κ1) is 16.6. The Hall–Kier alpha value is -1.72. The largest absolute Gasteiger partial charge is 0.493 e. The maximum atomic E-state index is 5.35. The van der Waals surface area contributed by atoms with Crippen molar-refractivity contribution < 1.29 is 9.47 Å². The lowest BCUT2D eigenvalue weighted by Crippen LogP contribution is -1.96. The van der Waals surface area contributed by atoms with Gasteiger partial charge in [0, 0.05) is 10.9 Å². The molecule has 6 heteroatoms. The van der Waals surface area contributed by atoms with Crippen LogP contribution in [0.25, 0.3) is 11.0 Å². The second-order valence-electron chi connectivity index (χ2n) is 4.68. The predicted octanol–water partition coefficient (Wildman–Crippen LogP) is 4.36. The first-order valence-electron chi connectivity index (χ1n) is 6.55. The fourth-order valence-electron chi connectivity index (χ4n) is 2.30. The molecule has 116 valence electrons. The summed E-state index contributed by atoms with van der Waals surface area (Å²) in [4.78, 5) is 7.93. The maximum absolute atomic E-state index is 5.35. The Labute approximate surface area is 143 Å². The highest BCUT2D eigenvalue weighted by molar-refractivity contribution is 9.10. The Morgan fingerprint density at radius 1 is 1.09 bits per heavy atom. The average molecular weight is 384 g/mol. The predicted molar refractivity (Wildman–Crippen MR) is 93.4 cm³/mol. The van der Waals surface area contributed by atoms with Crippen molar-refractivity contribution in [2.24, 2.45) is 0 Å². The second kappa shape index (κ2) is 7.03. The second-order valence-corrected chi connectivity index (χ2v) is 5.53. The molecule has 1 N–H and O–H groups in total. The van der Waals surface area contributed by atoms with Crippen molar-refractivity contribution in [2.75, 3.05) is 14.2 Å². The molecule has 0 saturated heterocycles. The summed E-state index contributed by atoms with van der Waals surface area (Å²) in [5.74, 6) is 2.34. The molecule has 22 heavy (non-hydrogen) atoms. The summed E-state index contributed by atoms with van der Waals surface area (Å²) in [5, 5.41) is 0. The standard InChI is InChI=1S/C16H15BrN2O2.ClH/c1-20-14-7-10(11(17)9-15(14)21-2)8-16-18-12-5-3-4-6-13(12)19-16;/h3-7,9H,8H2,1-2H3,(H,18,19);1H. The number of H-pyrrole nitrogens is 1. The Bertz CT molecular complexity index is 756. The molecule has 0 radical (unpaired) electrons. The van der Waals surface area contributed by atoms with E-state index in [1.165, 1.54) is 0 Å².